The van der Waals surface area contributed by atoms with E-state index >= 15 is 0 Å². The summed E-state index contributed by atoms with van der Waals surface area (Å²) in [4.78, 5) is 19.1. The Morgan fingerprint density at radius 3 is 2.42 bits per heavy atom. The number of hydrogen-bond donors (Lipinski definition) is 0. The van der Waals surface area contributed by atoms with Gasteiger partial charge in [-0.3, -0.25) is 0 Å². The second-order valence-corrected chi connectivity index (χ2v) is 3.83. The molecule has 0 amide bonds. The van der Waals surface area contributed by atoms with E-state index in [2.05, 4.69) is 21.6 Å². The average Bonchev–Trinajstić information content (AvgIpc) is 2.48. The van der Waals surface area contributed by atoms with E-state index in [0.717, 1.165) is 6.42 Å². The number of benzene rings is 1. The summed E-state index contributed by atoms with van der Waals surface area (Å²) >= 11 is 0. The Morgan fingerprint density at radius 1 is 1.16 bits per heavy atom. The van der Waals surface area contributed by atoms with Gasteiger partial charge in [0, 0.05) is 0 Å². The number of aryl methyl sites for hydroxylation is 1. The van der Waals surface area contributed by atoms with Crippen molar-refractivity contribution in [2.45, 2.75) is 13.3 Å². The van der Waals surface area contributed by atoms with Crippen LogP contribution in [0.3, 0.4) is 0 Å². The fourth-order valence-electron chi connectivity index (χ4n) is 1.49. The number of nitrogens with zero attached hydrogens (tertiary/aromatic N) is 2. The first kappa shape index (κ1) is 13.0. The van der Waals surface area contributed by atoms with Crippen molar-refractivity contribution in [2.24, 2.45) is 0 Å². The van der Waals surface area contributed by atoms with Crippen LogP contribution in [0.5, 0.6) is 11.6 Å². The summed E-state index contributed by atoms with van der Waals surface area (Å²) in [6.07, 6.45) is 3.69. The van der Waals surface area contributed by atoms with Crippen molar-refractivity contribution in [3.63, 3.8) is 0 Å². The molecule has 0 N–H and O–H groups in total. The van der Waals surface area contributed by atoms with Gasteiger partial charge in [-0.1, -0.05) is 19.1 Å². The molecule has 0 atom stereocenters. The summed E-state index contributed by atoms with van der Waals surface area (Å²) in [7, 11) is 1.30. The van der Waals surface area contributed by atoms with Gasteiger partial charge < -0.3 is 9.47 Å². The van der Waals surface area contributed by atoms with E-state index in [1.807, 2.05) is 24.3 Å². The lowest BCUT2D eigenvalue weighted by Crippen LogP contribution is -2.04. The van der Waals surface area contributed by atoms with Gasteiger partial charge in [-0.2, -0.15) is 0 Å². The van der Waals surface area contributed by atoms with Crippen LogP contribution in [0.25, 0.3) is 0 Å². The molecule has 19 heavy (non-hydrogen) atoms. The third-order valence-corrected chi connectivity index (χ3v) is 2.58. The molecule has 2 aromatic rings. The lowest BCUT2D eigenvalue weighted by molar-refractivity contribution is 0.0593. The van der Waals surface area contributed by atoms with Gasteiger partial charge in [0.15, 0.2) is 5.69 Å². The van der Waals surface area contributed by atoms with Crippen LogP contribution in [0, 0.1) is 0 Å². The van der Waals surface area contributed by atoms with Crippen molar-refractivity contribution in [3.8, 4) is 11.6 Å². The number of esters is 1. The number of aromatic nitrogens is 2. The number of methoxy groups -OCH3 is 1. The molecule has 2 rings (SSSR count). The summed E-state index contributed by atoms with van der Waals surface area (Å²) < 4.78 is 10.1. The summed E-state index contributed by atoms with van der Waals surface area (Å²) in [5, 5.41) is 0. The minimum atomic E-state index is -0.522. The molecule has 0 aliphatic heterocycles. The van der Waals surface area contributed by atoms with Gasteiger partial charge in [-0.25, -0.2) is 14.8 Å². The summed E-state index contributed by atoms with van der Waals surface area (Å²) in [6.45, 7) is 2.09. The molecule has 0 radical (unpaired) electrons. The zero-order chi connectivity index (χ0) is 13.7. The zero-order valence-electron chi connectivity index (χ0n) is 10.8. The maximum absolute atomic E-state index is 11.2. The summed E-state index contributed by atoms with van der Waals surface area (Å²) in [5.41, 5.74) is 1.38. The summed E-state index contributed by atoms with van der Waals surface area (Å²) in [6, 6.07) is 7.72. The van der Waals surface area contributed by atoms with Crippen molar-refractivity contribution in [2.75, 3.05) is 7.11 Å². The number of hydrogen-bond acceptors (Lipinski definition) is 5. The maximum Gasteiger partial charge on any atom is 0.358 e. The number of carbonyl (C=O) groups is 1. The van der Waals surface area contributed by atoms with E-state index in [-0.39, 0.29) is 5.69 Å². The Kier molecular flexibility index (Phi) is 4.07. The van der Waals surface area contributed by atoms with Gasteiger partial charge >= 0.3 is 5.97 Å². The molecule has 0 unspecified atom stereocenters. The first-order valence-electron chi connectivity index (χ1n) is 5.90. The van der Waals surface area contributed by atoms with Gasteiger partial charge in [-0.05, 0) is 24.1 Å². The molecule has 0 saturated heterocycles. The van der Waals surface area contributed by atoms with Crippen LogP contribution >= 0.6 is 0 Å². The fraction of sp³-hybridized carbons (Fsp3) is 0.214. The highest BCUT2D eigenvalue weighted by atomic mass is 16.5. The third kappa shape index (κ3) is 3.28. The van der Waals surface area contributed by atoms with Gasteiger partial charge in [0.05, 0.1) is 19.5 Å². The topological polar surface area (TPSA) is 61.3 Å². The van der Waals surface area contributed by atoms with Gasteiger partial charge in [0.1, 0.15) is 5.75 Å². The highest BCUT2D eigenvalue weighted by Crippen LogP contribution is 2.19. The molecule has 0 fully saturated rings. The van der Waals surface area contributed by atoms with E-state index in [4.69, 9.17) is 4.74 Å². The van der Waals surface area contributed by atoms with Crippen LogP contribution < -0.4 is 4.74 Å². The standard InChI is InChI=1S/C14H14N2O3/c1-3-10-4-6-11(7-5-10)19-13-9-15-12(8-16-13)14(17)18-2/h4-9H,3H2,1-2H3. The van der Waals surface area contributed by atoms with Crippen molar-refractivity contribution in [1.29, 1.82) is 0 Å². The fourth-order valence-corrected chi connectivity index (χ4v) is 1.49. The van der Waals surface area contributed by atoms with Crippen LogP contribution in [0.4, 0.5) is 0 Å². The van der Waals surface area contributed by atoms with E-state index in [1.165, 1.54) is 25.1 Å². The maximum atomic E-state index is 11.2. The highest BCUT2D eigenvalue weighted by molar-refractivity contribution is 5.86. The molecule has 1 heterocycles. The minimum Gasteiger partial charge on any atom is -0.464 e. The van der Waals surface area contributed by atoms with Crippen LogP contribution in [0.2, 0.25) is 0 Å². The predicted molar refractivity (Wildman–Crippen MR) is 69.3 cm³/mol. The molecule has 0 saturated carbocycles. The second kappa shape index (κ2) is 5.95. The van der Waals surface area contributed by atoms with Crippen LogP contribution in [0.1, 0.15) is 23.0 Å². The van der Waals surface area contributed by atoms with Crippen LogP contribution in [-0.4, -0.2) is 23.0 Å². The van der Waals surface area contributed by atoms with Crippen molar-refractivity contribution in [1.82, 2.24) is 9.97 Å². The van der Waals surface area contributed by atoms with E-state index in [1.54, 1.807) is 0 Å². The lowest BCUT2D eigenvalue weighted by Gasteiger charge is -2.05. The molecule has 1 aromatic heterocycles. The Bertz CT molecular complexity index is 550. The average molecular weight is 258 g/mol. The zero-order valence-corrected chi connectivity index (χ0v) is 10.8. The van der Waals surface area contributed by atoms with Crippen molar-refractivity contribution < 1.29 is 14.3 Å². The second-order valence-electron chi connectivity index (χ2n) is 3.83. The largest absolute Gasteiger partial charge is 0.464 e. The number of ether oxygens (including phenoxy) is 2. The van der Waals surface area contributed by atoms with E-state index in [9.17, 15) is 4.79 Å². The molecule has 98 valence electrons. The molecule has 0 aliphatic carbocycles. The Labute approximate surface area is 111 Å². The van der Waals surface area contributed by atoms with Gasteiger partial charge in [0.25, 0.3) is 0 Å². The number of rotatable bonds is 4. The molecule has 0 aliphatic rings. The molecule has 0 bridgehead atoms. The van der Waals surface area contributed by atoms with E-state index in [0.29, 0.717) is 11.6 Å². The quantitative estimate of drug-likeness (QED) is 0.789. The molecular formula is C14H14N2O3. The predicted octanol–water partition coefficient (Wildman–Crippen LogP) is 2.62. The van der Waals surface area contributed by atoms with Crippen LogP contribution in [-0.2, 0) is 11.2 Å². The van der Waals surface area contributed by atoms with E-state index < -0.39 is 5.97 Å². The molecule has 1 aromatic carbocycles. The van der Waals surface area contributed by atoms with Gasteiger partial charge in [0.2, 0.25) is 5.88 Å². The Hall–Kier alpha value is -2.43. The van der Waals surface area contributed by atoms with Gasteiger partial charge in [-0.15, -0.1) is 0 Å². The van der Waals surface area contributed by atoms with Crippen molar-refractivity contribution in [3.05, 3.63) is 47.9 Å². The van der Waals surface area contributed by atoms with Crippen molar-refractivity contribution >= 4 is 5.97 Å². The monoisotopic (exact) mass is 258 g/mol. The first-order valence-corrected chi connectivity index (χ1v) is 5.90. The molecule has 5 heteroatoms. The normalized spacial score (nSPS) is 10.0. The smallest absolute Gasteiger partial charge is 0.358 e. The first-order chi connectivity index (χ1) is 9.22. The molecular weight excluding hydrogens is 244 g/mol. The molecule has 0 spiro atoms. The third-order valence-electron chi connectivity index (χ3n) is 2.58. The summed E-state index contributed by atoms with van der Waals surface area (Å²) in [5.74, 6) is 0.487. The lowest BCUT2D eigenvalue weighted by atomic mass is 10.2. The number of carbonyl (C=O) groups excluding carboxylic acids is 1. The Balaban J connectivity index is 2.08. The minimum absolute atomic E-state index is 0.149. The Morgan fingerprint density at radius 2 is 1.89 bits per heavy atom. The highest BCUT2D eigenvalue weighted by Gasteiger charge is 2.08. The SMILES string of the molecule is CCc1ccc(Oc2cnc(C(=O)OC)cn2)cc1. The van der Waals surface area contributed by atoms with Crippen LogP contribution in [0.15, 0.2) is 36.7 Å². The molecule has 5 nitrogen and oxygen atoms in total.